The Morgan fingerprint density at radius 1 is 1.09 bits per heavy atom. The van der Waals surface area contributed by atoms with Crippen molar-refractivity contribution in [2.24, 2.45) is 5.92 Å². The zero-order valence-electron chi connectivity index (χ0n) is 12.1. The fourth-order valence-corrected chi connectivity index (χ4v) is 3.85. The Morgan fingerprint density at radius 2 is 1.86 bits per heavy atom. The maximum Gasteiger partial charge on any atom is 0.133 e. The fourth-order valence-electron chi connectivity index (χ4n) is 3.85. The molecule has 1 aliphatic heterocycles. The lowest BCUT2D eigenvalue weighted by atomic mass is 9.80. The van der Waals surface area contributed by atoms with Crippen LogP contribution in [0.4, 0.5) is 8.78 Å². The van der Waals surface area contributed by atoms with Crippen molar-refractivity contribution >= 4 is 0 Å². The summed E-state index contributed by atoms with van der Waals surface area (Å²) in [7, 11) is 0. The first-order valence-electron chi connectivity index (χ1n) is 7.68. The molecule has 22 heavy (non-hydrogen) atoms. The molecule has 0 spiro atoms. The van der Waals surface area contributed by atoms with Crippen LogP contribution in [0.1, 0.15) is 30.9 Å². The minimum Gasteiger partial charge on any atom is -0.508 e. The number of rotatable bonds is 1. The van der Waals surface area contributed by atoms with Crippen molar-refractivity contribution in [1.29, 1.82) is 0 Å². The average Bonchev–Trinajstić information content (AvgIpc) is 2.75. The molecule has 0 bridgehead atoms. The van der Waals surface area contributed by atoms with Gasteiger partial charge >= 0.3 is 0 Å². The molecule has 1 aromatic rings. The van der Waals surface area contributed by atoms with Crippen LogP contribution in [-0.2, 0) is 0 Å². The van der Waals surface area contributed by atoms with Crippen LogP contribution in [0.15, 0.2) is 58.7 Å². The molecule has 4 rings (SSSR count). The summed E-state index contributed by atoms with van der Waals surface area (Å²) in [5, 5.41) is 12.9. The van der Waals surface area contributed by atoms with E-state index in [4.69, 9.17) is 0 Å². The predicted octanol–water partition coefficient (Wildman–Crippen LogP) is 4.22. The average molecular weight is 301 g/mol. The zero-order valence-corrected chi connectivity index (χ0v) is 12.1. The Hall–Kier alpha value is -1.94. The van der Waals surface area contributed by atoms with Crippen LogP contribution in [0, 0.1) is 5.92 Å². The zero-order chi connectivity index (χ0) is 15.3. The van der Waals surface area contributed by atoms with Crippen LogP contribution in [0.3, 0.4) is 0 Å². The summed E-state index contributed by atoms with van der Waals surface area (Å²) in [5.41, 5.74) is 2.86. The van der Waals surface area contributed by atoms with E-state index >= 15 is 0 Å². The van der Waals surface area contributed by atoms with Gasteiger partial charge in [0.15, 0.2) is 0 Å². The van der Waals surface area contributed by atoms with Crippen LogP contribution >= 0.6 is 0 Å². The topological polar surface area (TPSA) is 32.3 Å². The summed E-state index contributed by atoms with van der Waals surface area (Å²) in [6.07, 6.45) is 3.46. The van der Waals surface area contributed by atoms with Crippen LogP contribution in [0.25, 0.3) is 0 Å². The molecule has 114 valence electrons. The standard InChI is InChI=1S/C18H17F2NO/c19-14-6-3-10-7-8-21-18(11-1-4-12(22)5-2-11)13-9-15(20)17(14)16(10)13/h1-2,4-5,9-10,18,21-22H,3,6-8H2/t10-,18+/m0/s1. The highest BCUT2D eigenvalue weighted by molar-refractivity contribution is 5.62. The van der Waals surface area contributed by atoms with Gasteiger partial charge in [-0.15, -0.1) is 0 Å². The van der Waals surface area contributed by atoms with E-state index in [1.807, 2.05) is 12.1 Å². The van der Waals surface area contributed by atoms with Gasteiger partial charge in [-0.2, -0.15) is 0 Å². The lowest BCUT2D eigenvalue weighted by Gasteiger charge is -2.25. The van der Waals surface area contributed by atoms with Crippen molar-refractivity contribution in [3.63, 3.8) is 0 Å². The number of phenolic OH excluding ortho intramolecular Hbond substituents is 1. The van der Waals surface area contributed by atoms with Crippen molar-refractivity contribution in [1.82, 2.24) is 5.32 Å². The van der Waals surface area contributed by atoms with E-state index in [1.165, 1.54) is 6.08 Å². The minimum atomic E-state index is -0.445. The second kappa shape index (κ2) is 5.06. The molecule has 0 saturated carbocycles. The van der Waals surface area contributed by atoms with Gasteiger partial charge in [-0.1, -0.05) is 12.1 Å². The van der Waals surface area contributed by atoms with Gasteiger partial charge in [0.25, 0.3) is 0 Å². The van der Waals surface area contributed by atoms with Gasteiger partial charge in [-0.3, -0.25) is 0 Å². The summed E-state index contributed by atoms with van der Waals surface area (Å²) in [6, 6.07) is 6.74. The summed E-state index contributed by atoms with van der Waals surface area (Å²) >= 11 is 0. The van der Waals surface area contributed by atoms with E-state index in [2.05, 4.69) is 5.32 Å². The molecule has 1 aromatic carbocycles. The molecule has 2 nitrogen and oxygen atoms in total. The quantitative estimate of drug-likeness (QED) is 0.814. The van der Waals surface area contributed by atoms with E-state index in [1.54, 1.807) is 12.1 Å². The Balaban J connectivity index is 1.86. The molecule has 0 fully saturated rings. The van der Waals surface area contributed by atoms with Gasteiger partial charge in [0.1, 0.15) is 17.4 Å². The van der Waals surface area contributed by atoms with Crippen molar-refractivity contribution in [2.45, 2.75) is 25.3 Å². The second-order valence-electron chi connectivity index (χ2n) is 6.14. The summed E-state index contributed by atoms with van der Waals surface area (Å²) in [4.78, 5) is 0. The number of nitrogens with one attached hydrogen (secondary N) is 1. The highest BCUT2D eigenvalue weighted by Gasteiger charge is 2.38. The Labute approximate surface area is 127 Å². The summed E-state index contributed by atoms with van der Waals surface area (Å²) in [6.45, 7) is 0.813. The summed E-state index contributed by atoms with van der Waals surface area (Å²) < 4.78 is 28.4. The normalized spacial score (nSPS) is 27.6. The van der Waals surface area contributed by atoms with Crippen molar-refractivity contribution < 1.29 is 13.9 Å². The summed E-state index contributed by atoms with van der Waals surface area (Å²) in [5.74, 6) is -0.338. The number of aromatic hydroxyl groups is 1. The van der Waals surface area contributed by atoms with E-state index in [-0.39, 0.29) is 29.1 Å². The number of halogens is 2. The third kappa shape index (κ3) is 2.02. The van der Waals surface area contributed by atoms with E-state index < -0.39 is 5.83 Å². The van der Waals surface area contributed by atoms with Crippen LogP contribution < -0.4 is 5.32 Å². The molecule has 2 atom stereocenters. The second-order valence-corrected chi connectivity index (χ2v) is 6.14. The maximum atomic E-state index is 14.3. The molecule has 2 N–H and O–H groups in total. The molecular formula is C18H17F2NO. The van der Waals surface area contributed by atoms with Crippen molar-refractivity contribution in [2.75, 3.05) is 6.54 Å². The Morgan fingerprint density at radius 3 is 2.64 bits per heavy atom. The molecule has 2 aliphatic carbocycles. The SMILES string of the molecule is Oc1ccc([C@H]2NCC[C@@H]3CCC(F)=C4C(F)=CC2=C43)cc1. The smallest absolute Gasteiger partial charge is 0.133 e. The third-order valence-corrected chi connectivity index (χ3v) is 4.87. The van der Waals surface area contributed by atoms with E-state index in [9.17, 15) is 13.9 Å². The molecule has 0 unspecified atom stereocenters. The van der Waals surface area contributed by atoms with Crippen molar-refractivity contribution in [3.8, 4) is 5.75 Å². The highest BCUT2D eigenvalue weighted by Crippen LogP contribution is 2.50. The van der Waals surface area contributed by atoms with Gasteiger partial charge in [-0.25, -0.2) is 8.78 Å². The lowest BCUT2D eigenvalue weighted by Crippen LogP contribution is -2.22. The first kappa shape index (κ1) is 13.7. The van der Waals surface area contributed by atoms with Crippen LogP contribution in [0.2, 0.25) is 0 Å². The van der Waals surface area contributed by atoms with Gasteiger partial charge in [0.2, 0.25) is 0 Å². The number of allylic oxidation sites excluding steroid dienone is 4. The third-order valence-electron chi connectivity index (χ3n) is 4.87. The number of benzene rings is 1. The van der Waals surface area contributed by atoms with Crippen LogP contribution in [0.5, 0.6) is 5.75 Å². The van der Waals surface area contributed by atoms with Crippen LogP contribution in [-0.4, -0.2) is 11.7 Å². The molecule has 0 radical (unpaired) electrons. The predicted molar refractivity (Wildman–Crippen MR) is 80.5 cm³/mol. The molecular weight excluding hydrogens is 284 g/mol. The molecule has 0 saturated heterocycles. The molecule has 0 aromatic heterocycles. The number of hydrogen-bond acceptors (Lipinski definition) is 2. The molecule has 4 heteroatoms. The largest absolute Gasteiger partial charge is 0.508 e. The Bertz CT molecular complexity index is 715. The Kier molecular flexibility index (Phi) is 3.15. The van der Waals surface area contributed by atoms with Crippen molar-refractivity contribution in [3.05, 3.63) is 64.3 Å². The van der Waals surface area contributed by atoms with E-state index in [0.29, 0.717) is 6.42 Å². The van der Waals surface area contributed by atoms with Gasteiger partial charge in [-0.05, 0) is 60.2 Å². The highest BCUT2D eigenvalue weighted by atomic mass is 19.1. The fraction of sp³-hybridized carbons (Fsp3) is 0.333. The minimum absolute atomic E-state index is 0.158. The number of phenols is 1. The lowest BCUT2D eigenvalue weighted by molar-refractivity contribution is 0.441. The van der Waals surface area contributed by atoms with Gasteiger partial charge in [0, 0.05) is 12.0 Å². The first-order valence-corrected chi connectivity index (χ1v) is 7.68. The first-order chi connectivity index (χ1) is 10.6. The monoisotopic (exact) mass is 301 g/mol. The molecule has 3 aliphatic rings. The van der Waals surface area contributed by atoms with Gasteiger partial charge < -0.3 is 10.4 Å². The van der Waals surface area contributed by atoms with Gasteiger partial charge in [0.05, 0.1) is 6.04 Å². The molecule has 1 heterocycles. The maximum absolute atomic E-state index is 14.3. The molecule has 0 amide bonds. The van der Waals surface area contributed by atoms with E-state index in [0.717, 1.165) is 36.1 Å². The number of hydrogen-bond donors (Lipinski definition) is 2.